The number of thiophene rings is 1. The van der Waals surface area contributed by atoms with Crippen molar-refractivity contribution in [3.63, 3.8) is 0 Å². The second-order valence-electron chi connectivity index (χ2n) is 12.4. The van der Waals surface area contributed by atoms with E-state index in [1.165, 1.54) is 42.9 Å². The first-order valence-electron chi connectivity index (χ1n) is 17.1. The zero-order valence-electron chi connectivity index (χ0n) is 29.5. The predicted molar refractivity (Wildman–Crippen MR) is 211 cm³/mol. The van der Waals surface area contributed by atoms with E-state index in [9.17, 15) is 19.2 Å². The summed E-state index contributed by atoms with van der Waals surface area (Å²) in [7, 11) is 2.89. The van der Waals surface area contributed by atoms with Crippen molar-refractivity contribution in [2.24, 2.45) is 0 Å². The van der Waals surface area contributed by atoms with E-state index in [1.807, 2.05) is 36.4 Å². The van der Waals surface area contributed by atoms with Gasteiger partial charge in [0.1, 0.15) is 16.4 Å². The van der Waals surface area contributed by atoms with Crippen LogP contribution in [-0.2, 0) is 27.2 Å². The summed E-state index contributed by atoms with van der Waals surface area (Å²) in [5, 5.41) is 8.60. The number of ether oxygens (including phenoxy) is 2. The van der Waals surface area contributed by atoms with Gasteiger partial charge in [-0.1, -0.05) is 72.8 Å². The summed E-state index contributed by atoms with van der Waals surface area (Å²) in [6.07, 6.45) is 3.98. The second-order valence-corrected chi connectivity index (χ2v) is 14.9. The third-order valence-corrected chi connectivity index (χ3v) is 11.2. The molecule has 6 rings (SSSR count). The highest BCUT2D eigenvalue weighted by Crippen LogP contribution is 2.43. The van der Waals surface area contributed by atoms with Crippen molar-refractivity contribution in [2.45, 2.75) is 42.2 Å². The van der Waals surface area contributed by atoms with Crippen molar-refractivity contribution < 1.29 is 28.7 Å². The van der Waals surface area contributed by atoms with E-state index in [1.54, 1.807) is 73.7 Å². The Bertz CT molecular complexity index is 2150. The van der Waals surface area contributed by atoms with Gasteiger partial charge in [-0.05, 0) is 85.7 Å². The highest BCUT2D eigenvalue weighted by Gasteiger charge is 2.31. The van der Waals surface area contributed by atoms with E-state index in [4.69, 9.17) is 9.47 Å². The van der Waals surface area contributed by atoms with Crippen molar-refractivity contribution in [3.8, 4) is 5.75 Å². The maximum Gasteiger partial charge on any atom is 0.341 e. The van der Waals surface area contributed by atoms with Gasteiger partial charge in [-0.25, -0.2) is 4.79 Å². The third kappa shape index (κ3) is 9.05. The molecular formula is C42H39N3O6S2. The van der Waals surface area contributed by atoms with Gasteiger partial charge in [-0.2, -0.15) is 0 Å². The summed E-state index contributed by atoms with van der Waals surface area (Å²) >= 11 is 2.75. The Hall–Kier alpha value is -5.65. The number of methoxy groups -OCH3 is 2. The second kappa shape index (κ2) is 17.2. The van der Waals surface area contributed by atoms with Crippen LogP contribution < -0.4 is 20.7 Å². The van der Waals surface area contributed by atoms with Gasteiger partial charge in [0.05, 0.1) is 25.0 Å². The number of anilines is 2. The van der Waals surface area contributed by atoms with E-state index in [0.717, 1.165) is 34.6 Å². The van der Waals surface area contributed by atoms with Gasteiger partial charge in [-0.15, -0.1) is 23.1 Å². The first kappa shape index (κ1) is 37.1. The van der Waals surface area contributed by atoms with E-state index in [2.05, 4.69) is 28.1 Å². The lowest BCUT2D eigenvalue weighted by molar-refractivity contribution is -0.115. The maximum absolute atomic E-state index is 13.7. The number of thioether (sulfide) groups is 1. The number of fused-ring (bicyclic) bond motifs is 1. The number of amides is 3. The highest BCUT2D eigenvalue weighted by atomic mass is 32.2. The number of nitrogens with one attached hydrogen (secondary N) is 3. The molecule has 3 amide bonds. The van der Waals surface area contributed by atoms with Crippen LogP contribution in [-0.4, -0.2) is 43.2 Å². The minimum atomic E-state index is -0.547. The molecule has 0 saturated heterocycles. The molecule has 0 bridgehead atoms. The van der Waals surface area contributed by atoms with Crippen LogP contribution in [0.2, 0.25) is 0 Å². The summed E-state index contributed by atoms with van der Waals surface area (Å²) in [4.78, 5) is 55.1. The topological polar surface area (TPSA) is 123 Å². The quantitative estimate of drug-likeness (QED) is 0.0667. The summed E-state index contributed by atoms with van der Waals surface area (Å²) in [5.74, 6) is -0.831. The Morgan fingerprint density at radius 2 is 1.58 bits per heavy atom. The fraction of sp³-hybridized carbons (Fsp3) is 0.190. The molecule has 3 N–H and O–H groups in total. The molecule has 5 aromatic rings. The summed E-state index contributed by atoms with van der Waals surface area (Å²) in [6, 6.07) is 33.3. The molecule has 2 atom stereocenters. The Morgan fingerprint density at radius 1 is 0.868 bits per heavy atom. The van der Waals surface area contributed by atoms with E-state index in [-0.39, 0.29) is 11.6 Å². The molecular weight excluding hydrogens is 707 g/mol. The lowest BCUT2D eigenvalue weighted by Gasteiger charge is -2.22. The predicted octanol–water partition coefficient (Wildman–Crippen LogP) is 8.34. The highest BCUT2D eigenvalue weighted by molar-refractivity contribution is 8.00. The average Bonchev–Trinajstić information content (AvgIpc) is 3.55. The van der Waals surface area contributed by atoms with Crippen molar-refractivity contribution in [2.75, 3.05) is 24.9 Å². The molecule has 0 fully saturated rings. The number of carbonyl (C=O) groups excluding carboxylic acids is 4. The Morgan fingerprint density at radius 3 is 2.32 bits per heavy atom. The number of benzene rings is 4. The van der Waals surface area contributed by atoms with Gasteiger partial charge < -0.3 is 25.4 Å². The van der Waals surface area contributed by atoms with Crippen LogP contribution in [0.5, 0.6) is 5.75 Å². The van der Waals surface area contributed by atoms with Crippen LogP contribution in [0.3, 0.4) is 0 Å². The van der Waals surface area contributed by atoms with Gasteiger partial charge in [0.25, 0.3) is 11.8 Å². The van der Waals surface area contributed by atoms with Crippen LogP contribution in [0.4, 0.5) is 10.7 Å². The fourth-order valence-electron chi connectivity index (χ4n) is 6.20. The van der Waals surface area contributed by atoms with Crippen molar-refractivity contribution in [3.05, 3.63) is 148 Å². The molecule has 4 aromatic carbocycles. The Labute approximate surface area is 316 Å². The zero-order valence-corrected chi connectivity index (χ0v) is 31.1. The lowest BCUT2D eigenvalue weighted by atomic mass is 9.83. The van der Waals surface area contributed by atoms with Gasteiger partial charge in [0.2, 0.25) is 5.91 Å². The molecule has 2 unspecified atom stereocenters. The first-order valence-corrected chi connectivity index (χ1v) is 18.8. The molecule has 0 spiro atoms. The Balaban J connectivity index is 1.16. The normalized spacial score (nSPS) is 14.3. The van der Waals surface area contributed by atoms with Gasteiger partial charge in [0, 0.05) is 26.6 Å². The van der Waals surface area contributed by atoms with Crippen LogP contribution >= 0.6 is 23.1 Å². The van der Waals surface area contributed by atoms with Crippen molar-refractivity contribution >= 4 is 63.6 Å². The molecule has 53 heavy (non-hydrogen) atoms. The average molecular weight is 746 g/mol. The van der Waals surface area contributed by atoms with Crippen LogP contribution in [0.25, 0.3) is 6.08 Å². The smallest absolute Gasteiger partial charge is 0.341 e. The number of carbonyl (C=O) groups is 4. The molecule has 0 aliphatic heterocycles. The Kier molecular flexibility index (Phi) is 12.1. The van der Waals surface area contributed by atoms with Gasteiger partial charge in [0.15, 0.2) is 0 Å². The van der Waals surface area contributed by atoms with E-state index in [0.29, 0.717) is 39.0 Å². The van der Waals surface area contributed by atoms with E-state index < -0.39 is 23.0 Å². The minimum absolute atomic E-state index is 0.0179. The monoisotopic (exact) mass is 745 g/mol. The molecule has 270 valence electrons. The van der Waals surface area contributed by atoms with Crippen LogP contribution in [0, 0.1) is 0 Å². The fourth-order valence-corrected chi connectivity index (χ4v) is 8.45. The standard InChI is InChI=1S/C42H39N3O6S2/c1-26(38(46)45-41-37(42(49)51-3)33-22-21-29(24-36(33)53-41)27-13-6-4-7-14-27)52-32-19-12-18-31(25-32)43-40(48)34(23-30-17-10-11-20-35(30)50-2)44-39(47)28-15-8-5-9-16-28/h4-20,23,25-26,29H,21-22,24H2,1-3H3,(H,43,48)(H,44,47)(H,45,46)/b34-23+. The minimum Gasteiger partial charge on any atom is -0.496 e. The van der Waals surface area contributed by atoms with Crippen LogP contribution in [0.15, 0.2) is 120 Å². The molecule has 9 nitrogen and oxygen atoms in total. The van der Waals surface area contributed by atoms with Crippen molar-refractivity contribution in [1.29, 1.82) is 0 Å². The maximum atomic E-state index is 13.7. The van der Waals surface area contributed by atoms with Crippen LogP contribution in [0.1, 0.15) is 61.5 Å². The third-order valence-electron chi connectivity index (χ3n) is 8.90. The number of esters is 1. The lowest BCUT2D eigenvalue weighted by Crippen LogP contribution is -2.30. The number of rotatable bonds is 12. The number of para-hydroxylation sites is 1. The summed E-state index contributed by atoms with van der Waals surface area (Å²) in [6.45, 7) is 1.79. The molecule has 1 aliphatic carbocycles. The molecule has 0 saturated carbocycles. The molecule has 1 heterocycles. The summed E-state index contributed by atoms with van der Waals surface area (Å²) in [5.41, 5.74) is 4.15. The molecule has 1 aromatic heterocycles. The SMILES string of the molecule is COC(=O)c1c(NC(=O)C(C)Sc2cccc(NC(=O)/C(=C\c3ccccc3OC)NC(=O)c3ccccc3)c2)sc2c1CCC(c1ccccc1)C2. The molecule has 0 radical (unpaired) electrons. The summed E-state index contributed by atoms with van der Waals surface area (Å²) < 4.78 is 10.6. The zero-order chi connectivity index (χ0) is 37.3. The van der Waals surface area contributed by atoms with Gasteiger partial charge >= 0.3 is 5.97 Å². The molecule has 11 heteroatoms. The largest absolute Gasteiger partial charge is 0.496 e. The number of hydrogen-bond acceptors (Lipinski definition) is 8. The number of hydrogen-bond donors (Lipinski definition) is 3. The van der Waals surface area contributed by atoms with Gasteiger partial charge in [-0.3, -0.25) is 14.4 Å². The van der Waals surface area contributed by atoms with Crippen molar-refractivity contribution in [1.82, 2.24) is 5.32 Å². The molecule has 1 aliphatic rings. The van der Waals surface area contributed by atoms with E-state index >= 15 is 0 Å². The first-order chi connectivity index (χ1) is 25.7.